The Labute approximate surface area is 159 Å². The van der Waals surface area contributed by atoms with Gasteiger partial charge in [0.2, 0.25) is 0 Å². The minimum absolute atomic E-state index is 0.291. The zero-order valence-electron chi connectivity index (χ0n) is 16.1. The summed E-state index contributed by atoms with van der Waals surface area (Å²) in [6, 6.07) is 6.32. The van der Waals surface area contributed by atoms with E-state index in [-0.39, 0.29) is 0 Å². The van der Waals surface area contributed by atoms with Crippen LogP contribution < -0.4 is 5.32 Å². The highest BCUT2D eigenvalue weighted by atomic mass is 15.2. The molecule has 0 amide bonds. The number of rotatable bonds is 5. The average molecular weight is 363 g/mol. The Morgan fingerprint density at radius 2 is 2.11 bits per heavy atom. The molecule has 0 spiro atoms. The topological polar surface area (TPSA) is 71.8 Å². The lowest BCUT2D eigenvalue weighted by molar-refractivity contribution is 0.241. The van der Waals surface area contributed by atoms with Crippen LogP contribution in [0.25, 0.3) is 0 Å². The van der Waals surface area contributed by atoms with E-state index < -0.39 is 0 Å². The van der Waals surface area contributed by atoms with Crippen molar-refractivity contribution in [1.29, 1.82) is 0 Å². The van der Waals surface area contributed by atoms with Gasteiger partial charge in [0, 0.05) is 32.1 Å². The quantitative estimate of drug-likeness (QED) is 0.750. The van der Waals surface area contributed by atoms with Crippen LogP contribution in [0.4, 0.5) is 11.6 Å². The molecule has 1 fully saturated rings. The fourth-order valence-electron chi connectivity index (χ4n) is 3.67. The van der Waals surface area contributed by atoms with Gasteiger partial charge in [0.15, 0.2) is 0 Å². The minimum atomic E-state index is 0.291. The van der Waals surface area contributed by atoms with E-state index >= 15 is 0 Å². The normalized spacial score (nSPS) is 17.4. The minimum Gasteiger partial charge on any atom is -0.340 e. The van der Waals surface area contributed by atoms with Gasteiger partial charge in [-0.3, -0.25) is 4.90 Å². The first-order valence-electron chi connectivity index (χ1n) is 9.33. The maximum Gasteiger partial charge on any atom is 0.135 e. The van der Waals surface area contributed by atoms with Crippen molar-refractivity contribution in [2.75, 3.05) is 11.9 Å². The van der Waals surface area contributed by atoms with Gasteiger partial charge in [-0.05, 0) is 44.9 Å². The largest absolute Gasteiger partial charge is 0.340 e. The van der Waals surface area contributed by atoms with Crippen molar-refractivity contribution < 1.29 is 0 Å². The Kier molecular flexibility index (Phi) is 4.85. The Bertz CT molecular complexity index is 934. The molecule has 0 aromatic carbocycles. The molecule has 0 bridgehead atoms. The van der Waals surface area contributed by atoms with Crippen LogP contribution >= 0.6 is 0 Å². The predicted octanol–water partition coefficient (Wildman–Crippen LogP) is 3.30. The summed E-state index contributed by atoms with van der Waals surface area (Å²) >= 11 is 0. The van der Waals surface area contributed by atoms with Gasteiger partial charge in [0.25, 0.3) is 0 Å². The van der Waals surface area contributed by atoms with Gasteiger partial charge < -0.3 is 9.88 Å². The first-order chi connectivity index (χ1) is 13.1. The van der Waals surface area contributed by atoms with Crippen molar-refractivity contribution in [3.8, 4) is 0 Å². The average Bonchev–Trinajstić information content (AvgIpc) is 3.26. The van der Waals surface area contributed by atoms with Crippen molar-refractivity contribution in [3.63, 3.8) is 0 Å². The van der Waals surface area contributed by atoms with Gasteiger partial charge in [-0.15, -0.1) is 0 Å². The molecule has 3 aromatic heterocycles. The zero-order valence-corrected chi connectivity index (χ0v) is 16.1. The summed E-state index contributed by atoms with van der Waals surface area (Å²) in [5, 5.41) is 3.35. The molecule has 1 saturated heterocycles. The molecular weight excluding hydrogens is 338 g/mol. The molecule has 7 heteroatoms. The SMILES string of the molecule is Cc1nc(Nc2ncccc2C)cc(C2CCCN2Cc2cn(C)cn2)n1. The third kappa shape index (κ3) is 3.98. The van der Waals surface area contributed by atoms with Gasteiger partial charge in [0.05, 0.1) is 23.8 Å². The summed E-state index contributed by atoms with van der Waals surface area (Å²) < 4.78 is 1.99. The molecule has 1 atom stereocenters. The second kappa shape index (κ2) is 7.44. The van der Waals surface area contributed by atoms with Crippen LogP contribution in [0.2, 0.25) is 0 Å². The summed E-state index contributed by atoms with van der Waals surface area (Å²) in [5.74, 6) is 2.40. The first kappa shape index (κ1) is 17.6. The van der Waals surface area contributed by atoms with E-state index in [2.05, 4.69) is 37.4 Å². The van der Waals surface area contributed by atoms with E-state index in [0.717, 1.165) is 53.9 Å². The molecule has 1 aliphatic heterocycles. The van der Waals surface area contributed by atoms with Crippen molar-refractivity contribution in [3.05, 3.63) is 59.7 Å². The molecule has 7 nitrogen and oxygen atoms in total. The molecule has 0 aliphatic carbocycles. The van der Waals surface area contributed by atoms with E-state index in [0.29, 0.717) is 6.04 Å². The van der Waals surface area contributed by atoms with Crippen LogP contribution in [-0.4, -0.2) is 35.9 Å². The summed E-state index contributed by atoms with van der Waals surface area (Å²) in [5.41, 5.74) is 3.25. The number of aryl methyl sites for hydroxylation is 3. The Morgan fingerprint density at radius 1 is 1.22 bits per heavy atom. The number of aromatic nitrogens is 5. The number of imidazole rings is 1. The fourth-order valence-corrected chi connectivity index (χ4v) is 3.67. The lowest BCUT2D eigenvalue weighted by Crippen LogP contribution is -2.24. The van der Waals surface area contributed by atoms with Gasteiger partial charge in [-0.2, -0.15) is 0 Å². The third-order valence-electron chi connectivity index (χ3n) is 4.94. The van der Waals surface area contributed by atoms with E-state index in [1.807, 2.05) is 43.9 Å². The molecule has 27 heavy (non-hydrogen) atoms. The van der Waals surface area contributed by atoms with E-state index in [1.54, 1.807) is 6.20 Å². The smallest absolute Gasteiger partial charge is 0.135 e. The number of pyridine rings is 1. The predicted molar refractivity (Wildman–Crippen MR) is 105 cm³/mol. The van der Waals surface area contributed by atoms with Crippen LogP contribution in [0.5, 0.6) is 0 Å². The zero-order chi connectivity index (χ0) is 18.8. The van der Waals surface area contributed by atoms with Gasteiger partial charge in [-0.1, -0.05) is 6.07 Å². The van der Waals surface area contributed by atoms with Crippen LogP contribution in [0.3, 0.4) is 0 Å². The lowest BCUT2D eigenvalue weighted by Gasteiger charge is -2.23. The molecule has 0 radical (unpaired) electrons. The molecule has 1 unspecified atom stereocenters. The molecule has 140 valence electrons. The van der Waals surface area contributed by atoms with Gasteiger partial charge in [-0.25, -0.2) is 19.9 Å². The molecule has 4 rings (SSSR count). The van der Waals surface area contributed by atoms with Gasteiger partial charge >= 0.3 is 0 Å². The van der Waals surface area contributed by atoms with Crippen LogP contribution in [0.15, 0.2) is 36.9 Å². The number of nitrogens with one attached hydrogen (secondary N) is 1. The van der Waals surface area contributed by atoms with Crippen molar-refractivity contribution >= 4 is 11.6 Å². The van der Waals surface area contributed by atoms with Crippen LogP contribution in [-0.2, 0) is 13.6 Å². The number of likely N-dealkylation sites (tertiary alicyclic amines) is 1. The highest BCUT2D eigenvalue weighted by molar-refractivity contribution is 5.55. The van der Waals surface area contributed by atoms with Crippen molar-refractivity contribution in [1.82, 2.24) is 29.4 Å². The first-order valence-corrected chi connectivity index (χ1v) is 9.33. The fraction of sp³-hybridized carbons (Fsp3) is 0.400. The third-order valence-corrected chi connectivity index (χ3v) is 4.94. The molecule has 4 heterocycles. The van der Waals surface area contributed by atoms with Crippen LogP contribution in [0, 0.1) is 13.8 Å². The van der Waals surface area contributed by atoms with Crippen molar-refractivity contribution in [2.45, 2.75) is 39.3 Å². The van der Waals surface area contributed by atoms with E-state index in [4.69, 9.17) is 4.98 Å². The number of nitrogens with zero attached hydrogens (tertiary/aromatic N) is 6. The molecule has 1 aliphatic rings. The maximum atomic E-state index is 4.74. The molecule has 0 saturated carbocycles. The highest BCUT2D eigenvalue weighted by Crippen LogP contribution is 2.33. The summed E-state index contributed by atoms with van der Waals surface area (Å²) in [7, 11) is 2.00. The monoisotopic (exact) mass is 363 g/mol. The Balaban J connectivity index is 1.57. The molecule has 1 N–H and O–H groups in total. The molecule has 3 aromatic rings. The summed E-state index contributed by atoms with van der Waals surface area (Å²) in [4.78, 5) is 20.6. The number of hydrogen-bond donors (Lipinski definition) is 1. The second-order valence-electron chi connectivity index (χ2n) is 7.18. The van der Waals surface area contributed by atoms with Gasteiger partial charge in [0.1, 0.15) is 17.5 Å². The molecular formula is C20H25N7. The highest BCUT2D eigenvalue weighted by Gasteiger charge is 2.28. The number of hydrogen-bond acceptors (Lipinski definition) is 6. The number of anilines is 2. The maximum absolute atomic E-state index is 4.74. The van der Waals surface area contributed by atoms with Crippen LogP contribution in [0.1, 0.15) is 41.7 Å². The van der Waals surface area contributed by atoms with E-state index in [9.17, 15) is 0 Å². The summed E-state index contributed by atoms with van der Waals surface area (Å²) in [6.07, 6.45) is 7.99. The van der Waals surface area contributed by atoms with E-state index in [1.165, 1.54) is 6.42 Å². The summed E-state index contributed by atoms with van der Waals surface area (Å²) in [6.45, 7) is 5.89. The Hall–Kier alpha value is -2.80. The second-order valence-corrected chi connectivity index (χ2v) is 7.18. The lowest BCUT2D eigenvalue weighted by atomic mass is 10.1. The standard InChI is InChI=1S/C20H25N7/c1-14-6-4-8-21-20(14)25-19-10-17(23-15(2)24-19)18-7-5-9-27(18)12-16-11-26(3)13-22-16/h4,6,8,10-11,13,18H,5,7,9,12H2,1-3H3,(H,21,23,24,25). The van der Waals surface area contributed by atoms with Crippen molar-refractivity contribution in [2.24, 2.45) is 7.05 Å². The Morgan fingerprint density at radius 3 is 2.89 bits per heavy atom.